The molecular formula is C46H78N4O12. The number of para-hydroxylation sites is 1. The number of rotatable bonds is 10. The van der Waals surface area contributed by atoms with Crippen LogP contribution >= 0.6 is 0 Å². The third-order valence-electron chi connectivity index (χ3n) is 14.2. The van der Waals surface area contributed by atoms with Crippen molar-refractivity contribution in [2.45, 2.75) is 192 Å². The Labute approximate surface area is 369 Å². The van der Waals surface area contributed by atoms with Gasteiger partial charge in [-0.15, -0.1) is 0 Å². The number of likely N-dealkylation sites (N-methyl/N-ethyl adjacent to an activating group) is 2. The van der Waals surface area contributed by atoms with Crippen molar-refractivity contribution in [1.29, 1.82) is 0 Å². The first-order chi connectivity index (χ1) is 29.0. The monoisotopic (exact) mass is 879 g/mol. The van der Waals surface area contributed by atoms with Gasteiger partial charge in [0, 0.05) is 39.1 Å². The Morgan fingerprint density at radius 3 is 2.27 bits per heavy atom. The van der Waals surface area contributed by atoms with Crippen LogP contribution in [0.25, 0.3) is 0 Å². The van der Waals surface area contributed by atoms with Crippen molar-refractivity contribution in [3.05, 3.63) is 30.3 Å². The molecule has 354 valence electrons. The summed E-state index contributed by atoms with van der Waals surface area (Å²) in [5.41, 5.74) is -5.22. The zero-order valence-electron chi connectivity index (χ0n) is 39.4. The lowest BCUT2D eigenvalue weighted by Gasteiger charge is -2.53. The Balaban J connectivity index is 1.58. The number of nitrogens with zero attached hydrogens (tertiary/aromatic N) is 2. The number of cyclic esters (lactones) is 1. The van der Waals surface area contributed by atoms with Crippen molar-refractivity contribution in [3.8, 4) is 0 Å². The highest BCUT2D eigenvalue weighted by molar-refractivity contribution is 5.79. The van der Waals surface area contributed by atoms with Crippen LogP contribution in [0.5, 0.6) is 0 Å². The van der Waals surface area contributed by atoms with Crippen molar-refractivity contribution in [3.63, 3.8) is 0 Å². The number of hydrogen-bond acceptors (Lipinski definition) is 15. The maximum atomic E-state index is 14.5. The van der Waals surface area contributed by atoms with Gasteiger partial charge in [0.05, 0.1) is 47.7 Å². The third kappa shape index (κ3) is 10.6. The number of hydrogen-bond donors (Lipinski definition) is 6. The molecule has 18 atom stereocenters. The van der Waals surface area contributed by atoms with E-state index in [0.29, 0.717) is 25.5 Å². The molecule has 5 rings (SSSR count). The molecule has 0 amide bonds. The predicted molar refractivity (Wildman–Crippen MR) is 234 cm³/mol. The summed E-state index contributed by atoms with van der Waals surface area (Å²) in [5.74, 6) is -2.63. The predicted octanol–water partition coefficient (Wildman–Crippen LogP) is 3.63. The van der Waals surface area contributed by atoms with E-state index in [2.05, 4.69) is 10.6 Å². The molecular weight excluding hydrogens is 801 g/mol. The van der Waals surface area contributed by atoms with Crippen molar-refractivity contribution in [1.82, 2.24) is 15.5 Å². The lowest BCUT2D eigenvalue weighted by molar-refractivity contribution is -0.335. The SMILES string of the molecule is CCNC[C@]1(O)[C@H](C)O[C@@H](O[C@H]2[C@H](C)[C@@H](O[C@@H]3O[C@H](C)C[C@H]4[C@H]3OC(=Nc3ccccc3)N4C)[C@](C)(O)C[C@@H](C)CN[C@H](C)[C@@H](O)[C@](C)(O)[C@@H](CC)OC(=O)[C@@H]2C)C[C@@]1(C)OC. The van der Waals surface area contributed by atoms with Crippen LogP contribution in [0.4, 0.5) is 5.69 Å². The molecule has 62 heavy (non-hydrogen) atoms. The van der Waals surface area contributed by atoms with Gasteiger partial charge in [0.25, 0.3) is 6.02 Å². The summed E-state index contributed by atoms with van der Waals surface area (Å²) >= 11 is 0. The zero-order chi connectivity index (χ0) is 45.9. The Morgan fingerprint density at radius 2 is 1.65 bits per heavy atom. The molecule has 0 spiro atoms. The van der Waals surface area contributed by atoms with Gasteiger partial charge in [-0.1, -0.05) is 45.9 Å². The van der Waals surface area contributed by atoms with Crippen LogP contribution in [0, 0.1) is 17.8 Å². The molecule has 0 radical (unpaired) electrons. The second-order valence-electron chi connectivity index (χ2n) is 19.3. The molecule has 16 heteroatoms. The number of methoxy groups -OCH3 is 1. The van der Waals surface area contributed by atoms with Crippen LogP contribution in [0.1, 0.15) is 102 Å². The van der Waals surface area contributed by atoms with E-state index in [4.69, 9.17) is 38.2 Å². The molecule has 4 fully saturated rings. The summed E-state index contributed by atoms with van der Waals surface area (Å²) in [7, 11) is 3.48. The van der Waals surface area contributed by atoms with E-state index < -0.39 is 95.5 Å². The van der Waals surface area contributed by atoms with E-state index in [0.717, 1.165) is 5.69 Å². The highest BCUT2D eigenvalue weighted by Gasteiger charge is 2.59. The summed E-state index contributed by atoms with van der Waals surface area (Å²) in [4.78, 5) is 21.3. The standard InChI is InChI=1S/C46H78N4O12/c1-14-34-45(11,54)38(51)30(7)48-24-26(3)22-43(9,53)39(62-41-37-33(21-27(4)57-41)50(12)42(61-37)49-32-19-17-16-18-20-32)28(5)36(29(6)40(52)59-34)60-35-23-44(10,56-13)46(55,25-47-15-2)31(8)58-35/h16-20,26-31,33-39,41,47-48,51,53-55H,14-15,21-25H2,1-13H3/t26-,27-,28+,29-,30-,31+,33+,34-,35+,36+,37-,38-,39-,41+,43-,44-,45-,46+/m1/s1. The second kappa shape index (κ2) is 20.4. The lowest BCUT2D eigenvalue weighted by Crippen LogP contribution is -2.70. The number of amidine groups is 1. The first kappa shape index (κ1) is 50.5. The highest BCUT2D eigenvalue weighted by Crippen LogP contribution is 2.44. The fourth-order valence-corrected chi connectivity index (χ4v) is 10.1. The molecule has 0 saturated carbocycles. The van der Waals surface area contributed by atoms with Gasteiger partial charge in [0.15, 0.2) is 18.7 Å². The van der Waals surface area contributed by atoms with Crippen LogP contribution in [0.3, 0.4) is 0 Å². The van der Waals surface area contributed by atoms with Gasteiger partial charge < -0.3 is 69.1 Å². The number of benzene rings is 1. The summed E-state index contributed by atoms with van der Waals surface area (Å²) in [5, 5.41) is 54.7. The molecule has 4 aliphatic heterocycles. The first-order valence-electron chi connectivity index (χ1n) is 22.7. The van der Waals surface area contributed by atoms with Gasteiger partial charge in [0.2, 0.25) is 0 Å². The number of nitrogens with one attached hydrogen (secondary N) is 2. The average molecular weight is 879 g/mol. The van der Waals surface area contributed by atoms with Crippen molar-refractivity contribution < 1.29 is 58.4 Å². The van der Waals surface area contributed by atoms with Crippen LogP contribution in [-0.2, 0) is 38.0 Å². The number of ether oxygens (including phenoxy) is 7. The summed E-state index contributed by atoms with van der Waals surface area (Å²) in [6, 6.07) is 9.22. The molecule has 0 unspecified atom stereocenters. The number of esters is 1. The maximum Gasteiger partial charge on any atom is 0.311 e. The number of aliphatic hydroxyl groups excluding tert-OH is 1. The fraction of sp³-hybridized carbons (Fsp3) is 0.826. The van der Waals surface area contributed by atoms with Gasteiger partial charge in [-0.2, -0.15) is 4.99 Å². The minimum atomic E-state index is -1.82. The summed E-state index contributed by atoms with van der Waals surface area (Å²) < 4.78 is 45.7. The maximum absolute atomic E-state index is 14.5. The molecule has 1 aromatic carbocycles. The van der Waals surface area contributed by atoms with E-state index in [9.17, 15) is 25.2 Å². The fourth-order valence-electron chi connectivity index (χ4n) is 10.1. The van der Waals surface area contributed by atoms with Gasteiger partial charge in [-0.05, 0) is 98.9 Å². The third-order valence-corrected chi connectivity index (χ3v) is 14.2. The van der Waals surface area contributed by atoms with Gasteiger partial charge >= 0.3 is 5.97 Å². The molecule has 0 aromatic heterocycles. The number of carbonyl (C=O) groups is 1. The number of aliphatic imine (C=N–C) groups is 1. The molecule has 4 aliphatic rings. The van der Waals surface area contributed by atoms with Gasteiger partial charge in [-0.25, -0.2) is 0 Å². The molecule has 1 aromatic rings. The minimum absolute atomic E-state index is 0.0957. The zero-order valence-corrected chi connectivity index (χ0v) is 39.4. The Kier molecular flexibility index (Phi) is 16.6. The lowest BCUT2D eigenvalue weighted by atomic mass is 9.75. The molecule has 16 nitrogen and oxygen atoms in total. The van der Waals surface area contributed by atoms with Gasteiger partial charge in [0.1, 0.15) is 29.0 Å². The molecule has 0 aliphatic carbocycles. The van der Waals surface area contributed by atoms with Crippen LogP contribution < -0.4 is 10.6 Å². The molecule has 6 N–H and O–H groups in total. The van der Waals surface area contributed by atoms with Crippen LogP contribution in [-0.4, -0.2) is 161 Å². The summed E-state index contributed by atoms with van der Waals surface area (Å²) in [6.07, 6.45) is -6.86. The number of carbonyl (C=O) groups excluding carboxylic acids is 1. The van der Waals surface area contributed by atoms with E-state index in [1.165, 1.54) is 6.92 Å². The number of aliphatic hydroxyl groups is 4. The minimum Gasteiger partial charge on any atom is -0.459 e. The Morgan fingerprint density at radius 1 is 0.968 bits per heavy atom. The van der Waals surface area contributed by atoms with Crippen molar-refractivity contribution >= 4 is 17.7 Å². The van der Waals surface area contributed by atoms with E-state index in [1.807, 2.05) is 76.9 Å². The van der Waals surface area contributed by atoms with Crippen molar-refractivity contribution in [2.75, 3.05) is 33.8 Å². The van der Waals surface area contributed by atoms with Crippen molar-refractivity contribution in [2.24, 2.45) is 22.7 Å². The molecule has 4 heterocycles. The highest BCUT2D eigenvalue weighted by atomic mass is 16.7. The summed E-state index contributed by atoms with van der Waals surface area (Å²) in [6.45, 7) is 21.0. The largest absolute Gasteiger partial charge is 0.459 e. The van der Waals surface area contributed by atoms with Gasteiger partial charge in [-0.3, -0.25) is 4.79 Å². The van der Waals surface area contributed by atoms with E-state index in [1.54, 1.807) is 41.7 Å². The second-order valence-corrected chi connectivity index (χ2v) is 19.3. The first-order valence-corrected chi connectivity index (χ1v) is 22.7. The van der Waals surface area contributed by atoms with E-state index >= 15 is 0 Å². The average Bonchev–Trinajstić information content (AvgIpc) is 3.53. The Hall–Kier alpha value is -2.48. The van der Waals surface area contributed by atoms with E-state index in [-0.39, 0.29) is 43.9 Å². The number of fused-ring (bicyclic) bond motifs is 1. The molecule has 4 saturated heterocycles. The topological polar surface area (TPSA) is 202 Å². The van der Waals surface area contributed by atoms with Crippen LogP contribution in [0.2, 0.25) is 0 Å². The quantitative estimate of drug-likeness (QED) is 0.186. The van der Waals surface area contributed by atoms with Crippen LogP contribution in [0.15, 0.2) is 35.3 Å². The Bertz CT molecular complexity index is 1640. The smallest absolute Gasteiger partial charge is 0.311 e. The normalized spacial score (nSPS) is 45.7. The molecule has 0 bridgehead atoms.